The molecule has 0 bridgehead atoms. The SMILES string of the molecule is C[C@H]1/C=C\CCCCC[C@H](NC(=O)OC(C)(C)C)C(=O)N2C[C@@]3(CCc4c(c(C(F)(F)F)nc5ccc(OCCCn6ccc(=O)nc6)cc45)O3)C[C@H]2C(=O)N[C@@]1(C)C(=O)NS(=O)(=O)C1(C)CC1. The van der Waals surface area contributed by atoms with Crippen LogP contribution in [0.4, 0.5) is 18.0 Å². The van der Waals surface area contributed by atoms with E-state index in [-0.39, 0.29) is 55.5 Å². The van der Waals surface area contributed by atoms with Gasteiger partial charge >= 0.3 is 12.3 Å². The Balaban J connectivity index is 1.24. The maximum atomic E-state index is 15.0. The van der Waals surface area contributed by atoms with Gasteiger partial charge in [-0.3, -0.25) is 23.9 Å². The summed E-state index contributed by atoms with van der Waals surface area (Å²) in [5.74, 6) is -3.57. The van der Waals surface area contributed by atoms with E-state index in [0.29, 0.717) is 62.6 Å². The molecular formula is C47H60F3N7O10S. The highest BCUT2D eigenvalue weighted by molar-refractivity contribution is 7.91. The van der Waals surface area contributed by atoms with Crippen molar-refractivity contribution in [3.8, 4) is 11.5 Å². The van der Waals surface area contributed by atoms with Crippen LogP contribution in [-0.4, -0.2) is 98.4 Å². The molecule has 1 saturated carbocycles. The summed E-state index contributed by atoms with van der Waals surface area (Å²) < 4.78 is 92.6. The van der Waals surface area contributed by atoms with Crippen molar-refractivity contribution in [1.82, 2.24) is 34.8 Å². The predicted octanol–water partition coefficient (Wildman–Crippen LogP) is 5.87. The minimum absolute atomic E-state index is 0.00870. The maximum Gasteiger partial charge on any atom is 0.437 e. The quantitative estimate of drug-likeness (QED) is 0.170. The molecule has 3 aromatic rings. The smallest absolute Gasteiger partial charge is 0.437 e. The van der Waals surface area contributed by atoms with Gasteiger partial charge in [0.1, 0.15) is 34.6 Å². The lowest BCUT2D eigenvalue weighted by Crippen LogP contribution is -2.64. The normalized spacial score (nSPS) is 26.0. The Morgan fingerprint density at radius 1 is 1.04 bits per heavy atom. The van der Waals surface area contributed by atoms with Gasteiger partial charge in [-0.1, -0.05) is 31.9 Å². The maximum absolute atomic E-state index is 15.0. The number of nitrogens with one attached hydrogen (secondary N) is 3. The molecular weight excluding hydrogens is 912 g/mol. The van der Waals surface area contributed by atoms with Crippen molar-refractivity contribution in [3.63, 3.8) is 0 Å². The largest absolute Gasteiger partial charge is 0.494 e. The Kier molecular flexibility index (Phi) is 14.0. The standard InChI is InChI=1S/C47H60F3N7O10S/c1-29-13-10-8-7-9-11-14-34(53-42(62)67-43(2,3)4)40(60)57-27-46(26-35(57)39(59)54-45(29,6)41(61)55-68(63,64)44(5)20-21-44)19-17-31-32-25-30(65-24-12-22-56-23-18-36(58)51-28-56)15-16-33(32)52-38(37(31)66-46)47(48,49)50/h10,13,15-16,18,23,25,28-29,34-35H,7-9,11-12,14,17,19-22,24,26-27H2,1-6H3,(H,53,62)(H,54,59)(H,55,61)/b13-10-/t29-,34-,35-,45+,46+/m0/s1. The van der Waals surface area contributed by atoms with Crippen LogP contribution in [0.15, 0.2) is 53.7 Å². The lowest BCUT2D eigenvalue weighted by Gasteiger charge is -2.37. The van der Waals surface area contributed by atoms with E-state index < -0.39 is 90.9 Å². The number of allylic oxidation sites excluding steroid dienone is 1. The van der Waals surface area contributed by atoms with Gasteiger partial charge in [-0.25, -0.2) is 18.2 Å². The van der Waals surface area contributed by atoms with Crippen molar-refractivity contribution < 1.29 is 55.0 Å². The second kappa shape index (κ2) is 19.0. The molecule has 5 heterocycles. The number of carbonyl (C=O) groups is 4. The fraction of sp³-hybridized carbons (Fsp3) is 0.596. The minimum atomic E-state index is -4.99. The lowest BCUT2D eigenvalue weighted by molar-refractivity contribution is -0.144. The molecule has 4 aliphatic rings. The summed E-state index contributed by atoms with van der Waals surface area (Å²) in [6.07, 6.45) is 4.08. The molecule has 21 heteroatoms. The molecule has 4 amide bonds. The number of fused-ring (bicyclic) bond motifs is 4. The van der Waals surface area contributed by atoms with Crippen molar-refractivity contribution in [2.75, 3.05) is 13.2 Å². The molecule has 0 radical (unpaired) electrons. The van der Waals surface area contributed by atoms with E-state index in [1.54, 1.807) is 50.6 Å². The van der Waals surface area contributed by atoms with Crippen LogP contribution in [0, 0.1) is 5.92 Å². The van der Waals surface area contributed by atoms with Crippen LogP contribution in [0.1, 0.15) is 117 Å². The molecule has 2 aromatic heterocycles. The fourth-order valence-corrected chi connectivity index (χ4v) is 10.2. The van der Waals surface area contributed by atoms with Gasteiger partial charge in [0.05, 0.1) is 29.7 Å². The van der Waals surface area contributed by atoms with Crippen molar-refractivity contribution in [3.05, 3.63) is 70.6 Å². The zero-order valence-corrected chi connectivity index (χ0v) is 40.0. The molecule has 68 heavy (non-hydrogen) atoms. The second-order valence-electron chi connectivity index (χ2n) is 19.9. The van der Waals surface area contributed by atoms with E-state index in [9.17, 15) is 32.4 Å². The van der Waals surface area contributed by atoms with Gasteiger partial charge in [0, 0.05) is 42.1 Å². The topological polar surface area (TPSA) is 217 Å². The van der Waals surface area contributed by atoms with Crippen molar-refractivity contribution in [1.29, 1.82) is 0 Å². The van der Waals surface area contributed by atoms with Gasteiger partial charge in [0.15, 0.2) is 11.4 Å². The molecule has 1 saturated heterocycles. The number of aromatic nitrogens is 3. The van der Waals surface area contributed by atoms with Gasteiger partial charge in [0.25, 0.3) is 11.5 Å². The van der Waals surface area contributed by atoms with E-state index in [1.807, 2.05) is 6.08 Å². The monoisotopic (exact) mass is 971 g/mol. The van der Waals surface area contributed by atoms with Crippen LogP contribution in [0.2, 0.25) is 0 Å². The van der Waals surface area contributed by atoms with Gasteiger partial charge in [-0.2, -0.15) is 18.2 Å². The summed E-state index contributed by atoms with van der Waals surface area (Å²) in [6, 6.07) is 3.19. The third-order valence-electron chi connectivity index (χ3n) is 13.4. The summed E-state index contributed by atoms with van der Waals surface area (Å²) in [5.41, 5.74) is -5.83. The first-order valence-electron chi connectivity index (χ1n) is 23.1. The molecule has 1 aromatic carbocycles. The number of alkyl carbamates (subject to hydrolysis) is 1. The van der Waals surface area contributed by atoms with E-state index in [1.165, 1.54) is 43.3 Å². The first-order valence-corrected chi connectivity index (χ1v) is 24.5. The molecule has 3 N–H and O–H groups in total. The number of nitrogens with zero attached hydrogens (tertiary/aromatic N) is 4. The summed E-state index contributed by atoms with van der Waals surface area (Å²) in [5, 5.41) is 5.79. The Hall–Kier alpha value is -5.73. The van der Waals surface area contributed by atoms with Crippen molar-refractivity contribution >= 4 is 44.7 Å². The second-order valence-corrected chi connectivity index (χ2v) is 22.1. The zero-order chi connectivity index (χ0) is 49.5. The number of halogens is 3. The third-order valence-corrected chi connectivity index (χ3v) is 15.5. The number of amides is 4. The number of pyridine rings is 1. The summed E-state index contributed by atoms with van der Waals surface area (Å²) >= 11 is 0. The van der Waals surface area contributed by atoms with Gasteiger partial charge in [-0.05, 0) is 104 Å². The number of rotatable bonds is 9. The zero-order valence-electron chi connectivity index (χ0n) is 39.2. The Morgan fingerprint density at radius 2 is 1.79 bits per heavy atom. The Morgan fingerprint density at radius 3 is 2.47 bits per heavy atom. The van der Waals surface area contributed by atoms with E-state index in [4.69, 9.17) is 14.2 Å². The van der Waals surface area contributed by atoms with Crippen LogP contribution in [0.3, 0.4) is 0 Å². The van der Waals surface area contributed by atoms with Crippen LogP contribution < -0.4 is 30.4 Å². The van der Waals surface area contributed by atoms with Crippen molar-refractivity contribution in [2.24, 2.45) is 5.92 Å². The average molecular weight is 972 g/mol. The highest BCUT2D eigenvalue weighted by Gasteiger charge is 2.57. The first-order chi connectivity index (χ1) is 31.8. The number of sulfonamides is 1. The number of hydrogen-bond acceptors (Lipinski definition) is 12. The molecule has 3 aliphatic heterocycles. The van der Waals surface area contributed by atoms with E-state index >= 15 is 13.2 Å². The van der Waals surface area contributed by atoms with Gasteiger partial charge < -0.3 is 34.3 Å². The average Bonchev–Trinajstić information content (AvgIpc) is 3.92. The van der Waals surface area contributed by atoms with E-state index in [0.717, 1.165) is 0 Å². The Bertz CT molecular complexity index is 2630. The lowest BCUT2D eigenvalue weighted by atomic mass is 9.84. The summed E-state index contributed by atoms with van der Waals surface area (Å²) in [4.78, 5) is 77.5. The fourth-order valence-electron chi connectivity index (χ4n) is 8.86. The number of alkyl halides is 3. The molecule has 1 spiro atoms. The number of ether oxygens (including phenoxy) is 3. The summed E-state index contributed by atoms with van der Waals surface area (Å²) in [7, 11) is -4.17. The third kappa shape index (κ3) is 11.1. The molecule has 0 unspecified atom stereocenters. The van der Waals surface area contributed by atoms with Crippen LogP contribution in [0.5, 0.6) is 11.5 Å². The Labute approximate surface area is 393 Å². The predicted molar refractivity (Wildman–Crippen MR) is 243 cm³/mol. The number of hydrogen-bond donors (Lipinski definition) is 3. The molecule has 370 valence electrons. The molecule has 7 rings (SSSR count). The first kappa shape index (κ1) is 50.2. The highest BCUT2D eigenvalue weighted by Crippen LogP contribution is 2.49. The highest BCUT2D eigenvalue weighted by atomic mass is 32.2. The minimum Gasteiger partial charge on any atom is -0.494 e. The van der Waals surface area contributed by atoms with E-state index in [2.05, 4.69) is 25.3 Å². The van der Waals surface area contributed by atoms with Crippen molar-refractivity contribution in [2.45, 2.75) is 158 Å². The van der Waals surface area contributed by atoms with Crippen LogP contribution >= 0.6 is 0 Å². The molecule has 1 aliphatic carbocycles. The number of aryl methyl sites for hydroxylation is 2. The van der Waals surface area contributed by atoms with Gasteiger partial charge in [0.2, 0.25) is 21.8 Å². The molecule has 2 fully saturated rings. The molecule has 17 nitrogen and oxygen atoms in total. The van der Waals surface area contributed by atoms with Gasteiger partial charge in [-0.15, -0.1) is 0 Å². The van der Waals surface area contributed by atoms with Crippen LogP contribution in [-0.2, 0) is 48.3 Å². The molecule has 5 atom stereocenters. The number of carbonyl (C=O) groups excluding carboxylic acids is 4. The van der Waals surface area contributed by atoms with Crippen LogP contribution in [0.25, 0.3) is 10.9 Å². The summed E-state index contributed by atoms with van der Waals surface area (Å²) in [6.45, 7) is 9.87. The number of benzene rings is 1.